The molecule has 0 aromatic carbocycles. The van der Waals surface area contributed by atoms with Crippen LogP contribution in [0.15, 0.2) is 42.9 Å². The van der Waals surface area contributed by atoms with E-state index in [4.69, 9.17) is 0 Å². The number of amides is 3. The molecule has 0 aliphatic rings. The van der Waals surface area contributed by atoms with Gasteiger partial charge in [-0.3, -0.25) is 24.7 Å². The Bertz CT molecular complexity index is 1090. The largest absolute Gasteiger partial charge is 0.329 e. The summed E-state index contributed by atoms with van der Waals surface area (Å²) in [6, 6.07) is 7.34. The third kappa shape index (κ3) is 5.78. The smallest absolute Gasteiger partial charge is 0.292 e. The average Bonchev–Trinajstić information content (AvgIpc) is 3.22. The Morgan fingerprint density at radius 1 is 1.19 bits per heavy atom. The molecule has 168 valence electrons. The molecule has 0 saturated heterocycles. The van der Waals surface area contributed by atoms with Crippen LogP contribution in [0.2, 0.25) is 0 Å². The molecule has 0 radical (unpaired) electrons. The molecule has 8 nitrogen and oxygen atoms in total. The molecule has 0 aliphatic carbocycles. The molecule has 1 N–H and O–H groups in total. The van der Waals surface area contributed by atoms with E-state index in [0.717, 1.165) is 40.9 Å². The normalized spacial score (nSPS) is 10.8. The summed E-state index contributed by atoms with van der Waals surface area (Å²) < 4.78 is 1.75. The monoisotopic (exact) mass is 434 g/mol. The fourth-order valence-electron chi connectivity index (χ4n) is 3.39. The topological polar surface area (TPSA) is 93.0 Å². The van der Waals surface area contributed by atoms with Crippen LogP contribution >= 0.6 is 0 Å². The number of hydrogen-bond donors (Lipinski definition) is 1. The van der Waals surface area contributed by atoms with Crippen LogP contribution in [0.3, 0.4) is 0 Å². The summed E-state index contributed by atoms with van der Waals surface area (Å²) in [5.41, 5.74) is 4.83. The molecule has 0 saturated carbocycles. The molecule has 32 heavy (non-hydrogen) atoms. The van der Waals surface area contributed by atoms with Crippen molar-refractivity contribution in [1.82, 2.24) is 24.6 Å². The molecule has 0 spiro atoms. The maximum atomic E-state index is 12.6. The van der Waals surface area contributed by atoms with Gasteiger partial charge < -0.3 is 0 Å². The molecular weight excluding hydrogens is 404 g/mol. The maximum Gasteiger partial charge on any atom is 0.329 e. The summed E-state index contributed by atoms with van der Waals surface area (Å²) >= 11 is 0. The van der Waals surface area contributed by atoms with Gasteiger partial charge in [0.25, 0.3) is 0 Å². The van der Waals surface area contributed by atoms with Crippen molar-refractivity contribution in [2.24, 2.45) is 7.05 Å². The van der Waals surface area contributed by atoms with Gasteiger partial charge in [0.2, 0.25) is 5.91 Å². The van der Waals surface area contributed by atoms with Crippen molar-refractivity contribution in [3.05, 3.63) is 59.7 Å². The highest BCUT2D eigenvalue weighted by molar-refractivity contribution is 6.00. The maximum absolute atomic E-state index is 12.6. The third-order valence-corrected chi connectivity index (χ3v) is 5.23. The van der Waals surface area contributed by atoms with Crippen LogP contribution in [0.1, 0.15) is 49.9 Å². The second-order valence-corrected chi connectivity index (χ2v) is 7.75. The van der Waals surface area contributed by atoms with Gasteiger partial charge >= 0.3 is 6.03 Å². The van der Waals surface area contributed by atoms with Crippen molar-refractivity contribution in [3.63, 3.8) is 0 Å². The molecule has 3 rings (SSSR count). The first-order chi connectivity index (χ1) is 15.4. The number of hydrogen-bond acceptors (Lipinski definition) is 5. The van der Waals surface area contributed by atoms with E-state index in [1.165, 1.54) is 4.90 Å². The van der Waals surface area contributed by atoms with Crippen LogP contribution < -0.4 is 5.32 Å². The highest BCUT2D eigenvalue weighted by atomic mass is 16.2. The lowest BCUT2D eigenvalue weighted by Crippen LogP contribution is -2.40. The molecule has 0 aliphatic heterocycles. The van der Waals surface area contributed by atoms with Crippen molar-refractivity contribution in [2.45, 2.75) is 46.5 Å². The third-order valence-electron chi connectivity index (χ3n) is 5.23. The Morgan fingerprint density at radius 2 is 2.00 bits per heavy atom. The molecule has 3 aromatic heterocycles. The number of urea groups is 1. The van der Waals surface area contributed by atoms with Gasteiger partial charge in [-0.05, 0) is 49.1 Å². The summed E-state index contributed by atoms with van der Waals surface area (Å²) in [6.07, 6.45) is 8.19. The Hall–Kier alpha value is -3.55. The Kier molecular flexibility index (Phi) is 7.70. The summed E-state index contributed by atoms with van der Waals surface area (Å²) in [6.45, 7) is 6.11. The summed E-state index contributed by atoms with van der Waals surface area (Å²) in [5, 5.41) is 6.97. The molecule has 0 atom stereocenters. The van der Waals surface area contributed by atoms with Gasteiger partial charge in [0.1, 0.15) is 5.82 Å². The van der Waals surface area contributed by atoms with Crippen LogP contribution in [-0.2, 0) is 18.3 Å². The number of anilines is 1. The van der Waals surface area contributed by atoms with Crippen molar-refractivity contribution in [2.75, 3.05) is 11.9 Å². The second-order valence-electron chi connectivity index (χ2n) is 7.75. The number of pyridine rings is 2. The number of carbonyl (C=O) groups excluding carboxylic acids is 2. The minimum absolute atomic E-state index is 0.189. The molecule has 0 unspecified atom stereocenters. The zero-order chi connectivity index (χ0) is 23.1. The van der Waals surface area contributed by atoms with Gasteiger partial charge in [-0.1, -0.05) is 26.3 Å². The van der Waals surface area contributed by atoms with Crippen molar-refractivity contribution < 1.29 is 9.59 Å². The molecule has 0 bridgehead atoms. The van der Waals surface area contributed by atoms with E-state index >= 15 is 0 Å². The van der Waals surface area contributed by atoms with E-state index in [1.807, 2.05) is 45.3 Å². The quantitative estimate of drug-likeness (QED) is 0.569. The lowest BCUT2D eigenvalue weighted by atomic mass is 10.0. The van der Waals surface area contributed by atoms with Crippen molar-refractivity contribution in [1.29, 1.82) is 0 Å². The number of rotatable bonds is 8. The minimum atomic E-state index is -0.430. The number of nitrogens with zero attached hydrogens (tertiary/aromatic N) is 5. The van der Waals surface area contributed by atoms with Crippen LogP contribution in [0.5, 0.6) is 0 Å². The highest BCUT2D eigenvalue weighted by Crippen LogP contribution is 2.20. The van der Waals surface area contributed by atoms with Crippen LogP contribution in [0.4, 0.5) is 10.6 Å². The first-order valence-electron chi connectivity index (χ1n) is 10.9. The van der Waals surface area contributed by atoms with E-state index < -0.39 is 6.03 Å². The fraction of sp³-hybridized carbons (Fsp3) is 0.375. The van der Waals surface area contributed by atoms with E-state index in [2.05, 4.69) is 20.4 Å². The predicted molar refractivity (Wildman–Crippen MR) is 124 cm³/mol. The second kappa shape index (κ2) is 10.7. The minimum Gasteiger partial charge on any atom is -0.292 e. The number of carbonyl (C=O) groups is 2. The van der Waals surface area contributed by atoms with Crippen LogP contribution in [0.25, 0.3) is 11.3 Å². The standard InChI is InChI=1S/C24H30N6O2/c1-5-7-12-30(23(31)6-2)24(32)28-22-9-8-19(17(3)27-22)13-18-10-11-25-21(14-18)20-15-26-29(4)16-20/h8-11,14-16H,5-7,12-13H2,1-4H3,(H,27,28,32). The zero-order valence-corrected chi connectivity index (χ0v) is 19.1. The molecule has 3 aromatic rings. The fourth-order valence-corrected chi connectivity index (χ4v) is 3.39. The number of nitrogens with one attached hydrogen (secondary N) is 1. The van der Waals surface area contributed by atoms with Gasteiger partial charge in [0.05, 0.1) is 11.9 Å². The first-order valence-corrected chi connectivity index (χ1v) is 10.9. The number of aryl methyl sites for hydroxylation is 2. The Labute approximate surface area is 188 Å². The zero-order valence-electron chi connectivity index (χ0n) is 19.1. The molecule has 3 heterocycles. The first kappa shape index (κ1) is 23.1. The highest BCUT2D eigenvalue weighted by Gasteiger charge is 2.20. The van der Waals surface area contributed by atoms with E-state index in [1.54, 1.807) is 30.1 Å². The summed E-state index contributed by atoms with van der Waals surface area (Å²) in [5.74, 6) is 0.249. The Balaban J connectivity index is 1.71. The average molecular weight is 435 g/mol. The van der Waals surface area contributed by atoms with Gasteiger partial charge in [-0.2, -0.15) is 5.10 Å². The summed E-state index contributed by atoms with van der Waals surface area (Å²) in [7, 11) is 1.88. The molecule has 0 fully saturated rings. The van der Waals surface area contributed by atoms with Crippen molar-refractivity contribution in [3.8, 4) is 11.3 Å². The van der Waals surface area contributed by atoms with E-state index in [0.29, 0.717) is 18.8 Å². The van der Waals surface area contributed by atoms with Gasteiger partial charge in [0, 0.05) is 43.7 Å². The van der Waals surface area contributed by atoms with Gasteiger partial charge in [-0.25, -0.2) is 9.78 Å². The lowest BCUT2D eigenvalue weighted by molar-refractivity contribution is -0.127. The Morgan fingerprint density at radius 3 is 2.66 bits per heavy atom. The molecule has 8 heteroatoms. The van der Waals surface area contributed by atoms with E-state index in [9.17, 15) is 9.59 Å². The van der Waals surface area contributed by atoms with Crippen LogP contribution in [-0.4, -0.2) is 43.1 Å². The van der Waals surface area contributed by atoms with E-state index in [-0.39, 0.29) is 12.3 Å². The SMILES string of the molecule is CCCCN(C(=O)CC)C(=O)Nc1ccc(Cc2ccnc(-c3cnn(C)c3)c2)c(C)n1. The van der Waals surface area contributed by atoms with Crippen molar-refractivity contribution >= 4 is 17.8 Å². The number of imide groups is 1. The predicted octanol–water partition coefficient (Wildman–Crippen LogP) is 4.35. The van der Waals surface area contributed by atoms with Gasteiger partial charge in [0.15, 0.2) is 0 Å². The number of unbranched alkanes of at least 4 members (excludes halogenated alkanes) is 1. The molecular formula is C24H30N6O2. The number of aromatic nitrogens is 4. The molecule has 3 amide bonds. The summed E-state index contributed by atoms with van der Waals surface area (Å²) in [4.78, 5) is 35.0. The van der Waals surface area contributed by atoms with Crippen LogP contribution in [0, 0.1) is 6.92 Å². The lowest BCUT2D eigenvalue weighted by Gasteiger charge is -2.20. The van der Waals surface area contributed by atoms with Gasteiger partial charge in [-0.15, -0.1) is 0 Å².